The number of para-hydroxylation sites is 1. The molecule has 1 aliphatic rings. The minimum Gasteiger partial charge on any atom is -0.343 e. The van der Waals surface area contributed by atoms with Crippen molar-refractivity contribution in [3.63, 3.8) is 0 Å². The average Bonchev–Trinajstić information content (AvgIpc) is 2.48. The zero-order valence-electron chi connectivity index (χ0n) is 13.3. The Morgan fingerprint density at radius 1 is 1.18 bits per heavy atom. The average molecular weight is 324 g/mol. The van der Waals surface area contributed by atoms with Crippen LogP contribution in [0, 0.1) is 6.92 Å². The van der Waals surface area contributed by atoms with E-state index in [-0.39, 0.29) is 18.9 Å². The van der Waals surface area contributed by atoms with Crippen molar-refractivity contribution in [1.82, 2.24) is 4.90 Å². The molecule has 1 aromatic rings. The molecule has 1 fully saturated rings. The number of rotatable bonds is 5. The number of carbonyl (C=O) groups is 1. The van der Waals surface area contributed by atoms with Crippen LogP contribution in [0.2, 0.25) is 0 Å². The summed E-state index contributed by atoms with van der Waals surface area (Å²) in [6.45, 7) is 3.66. The zero-order valence-corrected chi connectivity index (χ0v) is 14.1. The highest BCUT2D eigenvalue weighted by Crippen LogP contribution is 2.22. The molecule has 6 heteroatoms. The van der Waals surface area contributed by atoms with Gasteiger partial charge in [0.25, 0.3) is 0 Å². The molecule has 0 bridgehead atoms. The lowest BCUT2D eigenvalue weighted by molar-refractivity contribution is -0.131. The highest BCUT2D eigenvalue weighted by Gasteiger charge is 2.22. The predicted molar refractivity (Wildman–Crippen MR) is 88.4 cm³/mol. The van der Waals surface area contributed by atoms with Gasteiger partial charge in [0.05, 0.1) is 11.9 Å². The number of nitrogens with zero attached hydrogens (tertiary/aromatic N) is 2. The van der Waals surface area contributed by atoms with Gasteiger partial charge in [-0.05, 0) is 37.8 Å². The van der Waals surface area contributed by atoms with E-state index in [1.165, 1.54) is 17.0 Å². The van der Waals surface area contributed by atoms with Gasteiger partial charge in [0.15, 0.2) is 0 Å². The van der Waals surface area contributed by atoms with E-state index in [2.05, 4.69) is 0 Å². The van der Waals surface area contributed by atoms with Gasteiger partial charge in [-0.1, -0.05) is 18.2 Å². The van der Waals surface area contributed by atoms with Crippen molar-refractivity contribution in [2.75, 3.05) is 30.2 Å². The minimum absolute atomic E-state index is 0.0435. The fourth-order valence-electron chi connectivity index (χ4n) is 2.81. The molecule has 1 aromatic carbocycles. The first-order valence-corrected chi connectivity index (χ1v) is 9.55. The number of benzene rings is 1. The number of piperidine rings is 1. The van der Waals surface area contributed by atoms with E-state index in [1.54, 1.807) is 6.07 Å². The second kappa shape index (κ2) is 7.13. The van der Waals surface area contributed by atoms with E-state index in [1.807, 2.05) is 30.0 Å². The molecular weight excluding hydrogens is 300 g/mol. The SMILES string of the molecule is Cc1ccccc1N(CCC(=O)N1CCCCC1)S(C)(=O)=O. The van der Waals surface area contributed by atoms with Crippen LogP contribution >= 0.6 is 0 Å². The van der Waals surface area contributed by atoms with Crippen LogP contribution in [0.5, 0.6) is 0 Å². The summed E-state index contributed by atoms with van der Waals surface area (Å²) in [7, 11) is -3.40. The summed E-state index contributed by atoms with van der Waals surface area (Å²) in [5, 5.41) is 0. The first kappa shape index (κ1) is 16.8. The topological polar surface area (TPSA) is 57.7 Å². The zero-order chi connectivity index (χ0) is 16.2. The number of carbonyl (C=O) groups excluding carboxylic acids is 1. The molecule has 0 unspecified atom stereocenters. The Labute approximate surface area is 133 Å². The van der Waals surface area contributed by atoms with Crippen molar-refractivity contribution in [1.29, 1.82) is 0 Å². The normalized spacial score (nSPS) is 15.6. The Morgan fingerprint density at radius 3 is 2.41 bits per heavy atom. The molecule has 2 rings (SSSR count). The first-order chi connectivity index (χ1) is 10.4. The highest BCUT2D eigenvalue weighted by molar-refractivity contribution is 7.92. The molecule has 0 radical (unpaired) electrons. The monoisotopic (exact) mass is 324 g/mol. The maximum absolute atomic E-state index is 12.3. The fraction of sp³-hybridized carbons (Fsp3) is 0.562. The Kier molecular flexibility index (Phi) is 5.45. The molecular formula is C16H24N2O3S. The van der Waals surface area contributed by atoms with Crippen LogP contribution in [0.4, 0.5) is 5.69 Å². The van der Waals surface area contributed by atoms with Crippen LogP contribution in [0.15, 0.2) is 24.3 Å². The second-order valence-electron chi connectivity index (χ2n) is 5.81. The molecule has 0 aromatic heterocycles. The van der Waals surface area contributed by atoms with Crippen molar-refractivity contribution in [2.24, 2.45) is 0 Å². The predicted octanol–water partition coefficient (Wildman–Crippen LogP) is 2.16. The lowest BCUT2D eigenvalue weighted by Crippen LogP contribution is -2.39. The summed E-state index contributed by atoms with van der Waals surface area (Å²) in [4.78, 5) is 14.1. The van der Waals surface area contributed by atoms with Crippen LogP contribution < -0.4 is 4.31 Å². The molecule has 1 saturated heterocycles. The smallest absolute Gasteiger partial charge is 0.232 e. The third kappa shape index (κ3) is 4.22. The number of hydrogen-bond donors (Lipinski definition) is 0. The van der Waals surface area contributed by atoms with Gasteiger partial charge in [0.1, 0.15) is 0 Å². The molecule has 1 heterocycles. The molecule has 0 aliphatic carbocycles. The van der Waals surface area contributed by atoms with Crippen LogP contribution in [-0.4, -0.2) is 45.1 Å². The number of anilines is 1. The number of amides is 1. The summed E-state index contributed by atoms with van der Waals surface area (Å²) in [5.74, 6) is 0.0435. The first-order valence-electron chi connectivity index (χ1n) is 7.71. The third-order valence-electron chi connectivity index (χ3n) is 4.02. The van der Waals surface area contributed by atoms with Crippen LogP contribution in [0.1, 0.15) is 31.2 Å². The number of aryl methyl sites for hydroxylation is 1. The van der Waals surface area contributed by atoms with Crippen LogP contribution in [0.25, 0.3) is 0 Å². The van der Waals surface area contributed by atoms with Gasteiger partial charge >= 0.3 is 0 Å². The third-order valence-corrected chi connectivity index (χ3v) is 5.20. The van der Waals surface area contributed by atoms with Crippen molar-refractivity contribution in [3.8, 4) is 0 Å². The lowest BCUT2D eigenvalue weighted by Gasteiger charge is -2.29. The van der Waals surface area contributed by atoms with Crippen molar-refractivity contribution < 1.29 is 13.2 Å². The summed E-state index contributed by atoms with van der Waals surface area (Å²) in [5.41, 5.74) is 1.54. The summed E-state index contributed by atoms with van der Waals surface area (Å²) in [6, 6.07) is 7.34. The second-order valence-corrected chi connectivity index (χ2v) is 7.72. The molecule has 0 atom stereocenters. The molecule has 122 valence electrons. The Hall–Kier alpha value is -1.56. The maximum atomic E-state index is 12.3. The molecule has 5 nitrogen and oxygen atoms in total. The van der Waals surface area contributed by atoms with Gasteiger partial charge in [0, 0.05) is 26.1 Å². The van der Waals surface area contributed by atoms with Crippen LogP contribution in [0.3, 0.4) is 0 Å². The Balaban J connectivity index is 2.08. The summed E-state index contributed by atoms with van der Waals surface area (Å²) in [6.07, 6.45) is 4.66. The quantitative estimate of drug-likeness (QED) is 0.834. The van der Waals surface area contributed by atoms with E-state index in [4.69, 9.17) is 0 Å². The fourth-order valence-corrected chi connectivity index (χ4v) is 3.79. The van der Waals surface area contributed by atoms with Gasteiger partial charge in [-0.2, -0.15) is 0 Å². The van der Waals surface area contributed by atoms with Crippen molar-refractivity contribution >= 4 is 21.6 Å². The number of likely N-dealkylation sites (tertiary alicyclic amines) is 1. The van der Waals surface area contributed by atoms with Gasteiger partial charge in [-0.15, -0.1) is 0 Å². The molecule has 0 saturated carbocycles. The highest BCUT2D eigenvalue weighted by atomic mass is 32.2. The molecule has 0 spiro atoms. The minimum atomic E-state index is -3.40. The molecule has 0 N–H and O–H groups in total. The van der Waals surface area contributed by atoms with Gasteiger partial charge < -0.3 is 4.90 Å². The van der Waals surface area contributed by atoms with Crippen molar-refractivity contribution in [2.45, 2.75) is 32.6 Å². The van der Waals surface area contributed by atoms with E-state index in [0.717, 1.165) is 31.5 Å². The molecule has 22 heavy (non-hydrogen) atoms. The number of sulfonamides is 1. The largest absolute Gasteiger partial charge is 0.343 e. The van der Waals surface area contributed by atoms with E-state index >= 15 is 0 Å². The van der Waals surface area contributed by atoms with E-state index in [0.29, 0.717) is 5.69 Å². The lowest BCUT2D eigenvalue weighted by atomic mass is 10.1. The summed E-state index contributed by atoms with van der Waals surface area (Å²) < 4.78 is 25.5. The molecule has 1 amide bonds. The van der Waals surface area contributed by atoms with Gasteiger partial charge in [-0.3, -0.25) is 9.10 Å². The Bertz CT molecular complexity index is 622. The van der Waals surface area contributed by atoms with Gasteiger partial charge in [-0.25, -0.2) is 8.42 Å². The van der Waals surface area contributed by atoms with Gasteiger partial charge in [0.2, 0.25) is 15.9 Å². The van der Waals surface area contributed by atoms with E-state index < -0.39 is 10.0 Å². The van der Waals surface area contributed by atoms with Crippen molar-refractivity contribution in [3.05, 3.63) is 29.8 Å². The standard InChI is InChI=1S/C16H24N2O3S/c1-14-8-4-5-9-15(14)18(22(2,20)21)13-10-16(19)17-11-6-3-7-12-17/h4-5,8-9H,3,6-7,10-13H2,1-2H3. The number of hydrogen-bond acceptors (Lipinski definition) is 3. The Morgan fingerprint density at radius 2 is 1.82 bits per heavy atom. The summed E-state index contributed by atoms with van der Waals surface area (Å²) >= 11 is 0. The molecule has 1 aliphatic heterocycles. The maximum Gasteiger partial charge on any atom is 0.232 e. The van der Waals surface area contributed by atoms with E-state index in [9.17, 15) is 13.2 Å². The van der Waals surface area contributed by atoms with Crippen LogP contribution in [-0.2, 0) is 14.8 Å².